The number of anilines is 1. The first-order chi connectivity index (χ1) is 18.5. The summed E-state index contributed by atoms with van der Waals surface area (Å²) < 4.78 is 8.35. The van der Waals surface area contributed by atoms with Crippen molar-refractivity contribution >= 4 is 44.6 Å². The quantitative estimate of drug-likeness (QED) is 0.223. The molecule has 2 N–H and O–H groups in total. The van der Waals surface area contributed by atoms with Crippen LogP contribution in [0.25, 0.3) is 22.9 Å². The molecule has 208 valence electrons. The summed E-state index contributed by atoms with van der Waals surface area (Å²) in [4.78, 5) is 7.36. The molecule has 0 saturated heterocycles. The summed E-state index contributed by atoms with van der Waals surface area (Å²) in [7, 11) is 0. The van der Waals surface area contributed by atoms with Crippen molar-refractivity contribution in [1.82, 2.24) is 19.5 Å². The number of nitrogen functional groups attached to an aromatic ring is 1. The van der Waals surface area contributed by atoms with Crippen molar-refractivity contribution in [2.45, 2.75) is 60.0 Å². The maximum atomic E-state index is 6.51. The predicted octanol–water partition coefficient (Wildman–Crippen LogP) is 7.94. The number of hydrogen-bond acceptors (Lipinski definition) is 5. The zero-order valence-electron chi connectivity index (χ0n) is 24.2. The fourth-order valence-electron chi connectivity index (χ4n) is 4.36. The lowest BCUT2D eigenvalue weighted by Gasteiger charge is -2.30. The second-order valence-electron chi connectivity index (χ2n) is 10.8. The van der Waals surface area contributed by atoms with Gasteiger partial charge in [0.15, 0.2) is 5.65 Å². The van der Waals surface area contributed by atoms with Crippen LogP contribution in [0.4, 0.5) is 5.82 Å². The zero-order valence-corrected chi connectivity index (χ0v) is 25.8. The van der Waals surface area contributed by atoms with Crippen molar-refractivity contribution in [2.75, 3.05) is 25.4 Å². The average Bonchev–Trinajstić information content (AvgIpc) is 3.29. The number of nitrogens with two attached hydrogens (primary N) is 1. The Bertz CT molecular complexity index is 1390. The van der Waals surface area contributed by atoms with Gasteiger partial charge in [0.25, 0.3) is 0 Å². The van der Waals surface area contributed by atoms with Gasteiger partial charge < -0.3 is 10.5 Å². The molecule has 1 aromatic carbocycles. The van der Waals surface area contributed by atoms with E-state index in [2.05, 4.69) is 84.1 Å². The standard InChI is InChI=1S/C29H34BrN5O.C3H8/c1-7-21(16-23-11-9-8-10-19(23)2)24-17-32-35-27(31)25(30)26(33-28(24)35)22-12-14-34(15-13-22)18-20(3)36-29(4,5)6;1-3-2/h7-12,16-17H,1,3,13-15,18,31H2,2,4-6H3;3H2,1-2H3/b21-16+;. The molecule has 6 nitrogen and oxygen atoms in total. The number of allylic oxidation sites excluding steroid dienone is 2. The number of aromatic nitrogens is 3. The summed E-state index contributed by atoms with van der Waals surface area (Å²) in [6, 6.07) is 8.25. The van der Waals surface area contributed by atoms with E-state index in [0.717, 1.165) is 57.7 Å². The van der Waals surface area contributed by atoms with E-state index in [1.165, 1.54) is 12.0 Å². The van der Waals surface area contributed by atoms with Gasteiger partial charge in [-0.25, -0.2) is 4.98 Å². The number of nitrogens with zero attached hydrogens (tertiary/aromatic N) is 4. The molecule has 3 aromatic rings. The van der Waals surface area contributed by atoms with Gasteiger partial charge in [-0.15, -0.1) is 0 Å². The molecule has 1 aliphatic heterocycles. The van der Waals surface area contributed by atoms with Gasteiger partial charge in [-0.05, 0) is 78.4 Å². The summed E-state index contributed by atoms with van der Waals surface area (Å²) >= 11 is 3.68. The van der Waals surface area contributed by atoms with Crippen molar-refractivity contribution in [3.8, 4) is 0 Å². The molecule has 39 heavy (non-hydrogen) atoms. The maximum Gasteiger partial charge on any atom is 0.165 e. The van der Waals surface area contributed by atoms with Gasteiger partial charge in [-0.3, -0.25) is 4.90 Å². The second-order valence-corrected chi connectivity index (χ2v) is 11.6. The zero-order chi connectivity index (χ0) is 28.7. The topological polar surface area (TPSA) is 68.7 Å². The summed E-state index contributed by atoms with van der Waals surface area (Å²) in [5, 5.41) is 4.53. The molecule has 0 amide bonds. The molecule has 0 spiro atoms. The molecule has 0 aliphatic carbocycles. The first-order valence-corrected chi connectivity index (χ1v) is 14.3. The summed E-state index contributed by atoms with van der Waals surface area (Å²) in [5.41, 5.74) is 13.1. The minimum Gasteiger partial charge on any atom is -0.492 e. The van der Waals surface area contributed by atoms with E-state index < -0.39 is 0 Å². The highest BCUT2D eigenvalue weighted by Crippen LogP contribution is 2.34. The molecule has 3 heterocycles. The third-order valence-corrected chi connectivity index (χ3v) is 6.88. The molecular weight excluding hydrogens is 550 g/mol. The van der Waals surface area contributed by atoms with Crippen LogP contribution in [0.15, 0.2) is 66.0 Å². The Morgan fingerprint density at radius 3 is 2.51 bits per heavy atom. The molecular formula is C32H42BrN5O. The van der Waals surface area contributed by atoms with E-state index in [-0.39, 0.29) is 5.60 Å². The van der Waals surface area contributed by atoms with Crippen molar-refractivity contribution in [3.05, 3.63) is 88.4 Å². The molecule has 2 aromatic heterocycles. The lowest BCUT2D eigenvalue weighted by molar-refractivity contribution is 0.0405. The van der Waals surface area contributed by atoms with Gasteiger partial charge in [-0.1, -0.05) is 69.8 Å². The highest BCUT2D eigenvalue weighted by molar-refractivity contribution is 9.10. The van der Waals surface area contributed by atoms with E-state index in [4.69, 9.17) is 15.5 Å². The Morgan fingerprint density at radius 2 is 1.92 bits per heavy atom. The van der Waals surface area contributed by atoms with Gasteiger partial charge >= 0.3 is 0 Å². The second kappa shape index (κ2) is 13.3. The smallest absolute Gasteiger partial charge is 0.165 e. The van der Waals surface area contributed by atoms with Gasteiger partial charge in [-0.2, -0.15) is 9.61 Å². The Balaban J connectivity index is 0.00000134. The third kappa shape index (κ3) is 7.70. The van der Waals surface area contributed by atoms with E-state index in [9.17, 15) is 0 Å². The van der Waals surface area contributed by atoms with Crippen molar-refractivity contribution in [2.24, 2.45) is 0 Å². The highest BCUT2D eigenvalue weighted by Gasteiger charge is 2.22. The fraction of sp³-hybridized carbons (Fsp3) is 0.375. The van der Waals surface area contributed by atoms with Crippen LogP contribution in [-0.4, -0.2) is 44.7 Å². The monoisotopic (exact) mass is 591 g/mol. The first kappa shape index (κ1) is 30.4. The fourth-order valence-corrected chi connectivity index (χ4v) is 4.87. The predicted molar refractivity (Wildman–Crippen MR) is 169 cm³/mol. The van der Waals surface area contributed by atoms with Crippen molar-refractivity contribution in [3.63, 3.8) is 0 Å². The number of fused-ring (bicyclic) bond motifs is 1. The number of ether oxygens (including phenoxy) is 1. The van der Waals surface area contributed by atoms with Crippen molar-refractivity contribution < 1.29 is 4.74 Å². The van der Waals surface area contributed by atoms with Crippen LogP contribution in [0.3, 0.4) is 0 Å². The first-order valence-electron chi connectivity index (χ1n) is 13.5. The molecule has 0 fully saturated rings. The SMILES string of the molecule is C=C/C(=C\c1ccccc1C)c1cnn2c(N)c(Br)c(C3=CCN(CC(=C)OC(C)(C)C)CC3)nc12.CCC. The number of halogens is 1. The Kier molecular flexibility index (Phi) is 10.3. The largest absolute Gasteiger partial charge is 0.492 e. The van der Waals surface area contributed by atoms with Crippen LogP contribution in [-0.2, 0) is 4.74 Å². The number of rotatable bonds is 7. The van der Waals surface area contributed by atoms with E-state index >= 15 is 0 Å². The van der Waals surface area contributed by atoms with Crippen molar-refractivity contribution in [1.29, 1.82) is 0 Å². The van der Waals surface area contributed by atoms with Gasteiger partial charge in [0, 0.05) is 18.7 Å². The molecule has 0 atom stereocenters. The van der Waals surface area contributed by atoms with E-state index in [1.54, 1.807) is 10.7 Å². The molecule has 0 bridgehead atoms. The van der Waals surface area contributed by atoms with Gasteiger partial charge in [0.1, 0.15) is 17.2 Å². The van der Waals surface area contributed by atoms with Crippen LogP contribution in [0.5, 0.6) is 0 Å². The summed E-state index contributed by atoms with van der Waals surface area (Å²) in [6.07, 6.45) is 10.1. The van der Waals surface area contributed by atoms with Crippen LogP contribution in [0.2, 0.25) is 0 Å². The van der Waals surface area contributed by atoms with Crippen LogP contribution >= 0.6 is 15.9 Å². The average molecular weight is 593 g/mol. The van der Waals surface area contributed by atoms with E-state index in [1.807, 2.05) is 39.0 Å². The molecule has 0 radical (unpaired) electrons. The number of hydrogen-bond donors (Lipinski definition) is 1. The molecule has 0 saturated carbocycles. The van der Waals surface area contributed by atoms with Gasteiger partial charge in [0.05, 0.1) is 22.9 Å². The third-order valence-electron chi connectivity index (χ3n) is 6.10. The number of aryl methyl sites for hydroxylation is 1. The molecule has 7 heteroatoms. The van der Waals surface area contributed by atoms with E-state index in [0.29, 0.717) is 18.0 Å². The molecule has 4 rings (SSSR count). The van der Waals surface area contributed by atoms with Gasteiger partial charge in [0.2, 0.25) is 0 Å². The lowest BCUT2D eigenvalue weighted by atomic mass is 10.0. The summed E-state index contributed by atoms with van der Waals surface area (Å²) in [6.45, 7) is 23.0. The Labute approximate surface area is 242 Å². The van der Waals surface area contributed by atoms with Crippen LogP contribution in [0, 0.1) is 6.92 Å². The summed E-state index contributed by atoms with van der Waals surface area (Å²) in [5.74, 6) is 1.31. The normalized spacial score (nSPS) is 14.4. The molecule has 0 unspecified atom stereocenters. The number of benzene rings is 1. The van der Waals surface area contributed by atoms with Crippen LogP contribution in [0.1, 0.15) is 69.8 Å². The minimum absolute atomic E-state index is 0.240. The Morgan fingerprint density at radius 1 is 1.23 bits per heavy atom. The lowest BCUT2D eigenvalue weighted by Crippen LogP contribution is -2.32. The van der Waals surface area contributed by atoms with Crippen LogP contribution < -0.4 is 5.73 Å². The Hall–Kier alpha value is -3.16. The molecule has 1 aliphatic rings. The highest BCUT2D eigenvalue weighted by atomic mass is 79.9. The maximum absolute atomic E-state index is 6.51. The minimum atomic E-state index is -0.240.